The Morgan fingerprint density at radius 3 is 2.78 bits per heavy atom. The molecule has 1 amide bonds. The lowest BCUT2D eigenvalue weighted by atomic mass is 10.0. The molecule has 1 aromatic heterocycles. The molecule has 1 unspecified atom stereocenters. The first-order valence-electron chi connectivity index (χ1n) is 7.40. The van der Waals surface area contributed by atoms with Crippen molar-refractivity contribution in [2.45, 2.75) is 25.8 Å². The van der Waals surface area contributed by atoms with E-state index in [0.717, 1.165) is 30.8 Å². The number of carbonyl (C=O) groups excluding carboxylic acids is 1. The van der Waals surface area contributed by atoms with Crippen LogP contribution in [0.4, 0.5) is 8.78 Å². The Hall–Kier alpha value is -1.95. The highest BCUT2D eigenvalue weighted by molar-refractivity contribution is 6.33. The van der Waals surface area contributed by atoms with E-state index in [-0.39, 0.29) is 22.5 Å². The second-order valence-electron chi connectivity index (χ2n) is 5.68. The van der Waals surface area contributed by atoms with Crippen molar-refractivity contribution in [3.63, 3.8) is 0 Å². The van der Waals surface area contributed by atoms with Crippen molar-refractivity contribution in [3.8, 4) is 0 Å². The minimum atomic E-state index is -1.07. The quantitative estimate of drug-likeness (QED) is 0.784. The maximum absolute atomic E-state index is 13.4. The van der Waals surface area contributed by atoms with E-state index >= 15 is 0 Å². The number of benzene rings is 1. The van der Waals surface area contributed by atoms with E-state index in [0.29, 0.717) is 13.1 Å². The number of piperidine rings is 1. The summed E-state index contributed by atoms with van der Waals surface area (Å²) in [5.74, 6) is -1.62. The van der Waals surface area contributed by atoms with E-state index < -0.39 is 11.6 Å². The van der Waals surface area contributed by atoms with E-state index in [4.69, 9.17) is 11.6 Å². The average molecular weight is 340 g/mol. The molecule has 2 heterocycles. The smallest absolute Gasteiger partial charge is 0.255 e. The van der Waals surface area contributed by atoms with Gasteiger partial charge in [-0.3, -0.25) is 4.79 Å². The number of hydrogen-bond donors (Lipinski definition) is 0. The van der Waals surface area contributed by atoms with Gasteiger partial charge in [0.15, 0.2) is 11.6 Å². The number of likely N-dealkylation sites (tertiary alicyclic amines) is 1. The van der Waals surface area contributed by atoms with Crippen LogP contribution in [0.2, 0.25) is 5.02 Å². The van der Waals surface area contributed by atoms with Gasteiger partial charge >= 0.3 is 0 Å². The fourth-order valence-electron chi connectivity index (χ4n) is 3.00. The summed E-state index contributed by atoms with van der Waals surface area (Å²) < 4.78 is 28.6. The third kappa shape index (κ3) is 3.08. The van der Waals surface area contributed by atoms with Crippen LogP contribution < -0.4 is 0 Å². The lowest BCUT2D eigenvalue weighted by Gasteiger charge is -2.34. The standard InChI is InChI=1S/C16H16ClF2N3O/c1-10-20-4-6-22(10)11-3-2-5-21(9-11)16(23)12-7-14(18)15(19)8-13(12)17/h4,6-8,11H,2-3,5,9H2,1H3. The molecule has 3 rings (SSSR count). The SMILES string of the molecule is Cc1nccn1C1CCCN(C(=O)c2cc(F)c(F)cc2Cl)C1. The molecule has 1 aliphatic rings. The van der Waals surface area contributed by atoms with Crippen molar-refractivity contribution >= 4 is 17.5 Å². The first-order chi connectivity index (χ1) is 11.0. The molecule has 1 atom stereocenters. The average Bonchev–Trinajstić information content (AvgIpc) is 2.96. The maximum atomic E-state index is 13.4. The van der Waals surface area contributed by atoms with E-state index in [1.165, 1.54) is 0 Å². The van der Waals surface area contributed by atoms with Crippen LogP contribution in [0, 0.1) is 18.6 Å². The van der Waals surface area contributed by atoms with Gasteiger partial charge in [-0.2, -0.15) is 0 Å². The Kier molecular flexibility index (Phi) is 4.35. The molecule has 1 fully saturated rings. The maximum Gasteiger partial charge on any atom is 0.255 e. The number of nitrogens with zero attached hydrogens (tertiary/aromatic N) is 3. The van der Waals surface area contributed by atoms with Gasteiger partial charge in [0.05, 0.1) is 16.6 Å². The summed E-state index contributed by atoms with van der Waals surface area (Å²) in [6, 6.07) is 1.83. The normalized spacial score (nSPS) is 18.3. The fourth-order valence-corrected chi connectivity index (χ4v) is 3.23. The summed E-state index contributed by atoms with van der Waals surface area (Å²) in [5.41, 5.74) is -0.00595. The van der Waals surface area contributed by atoms with Gasteiger partial charge in [0.25, 0.3) is 5.91 Å². The second kappa shape index (κ2) is 6.28. The zero-order valence-electron chi connectivity index (χ0n) is 12.6. The minimum Gasteiger partial charge on any atom is -0.337 e. The summed E-state index contributed by atoms with van der Waals surface area (Å²) in [5, 5.41) is -0.0742. The van der Waals surface area contributed by atoms with Crippen molar-refractivity contribution in [2.24, 2.45) is 0 Å². The van der Waals surface area contributed by atoms with Gasteiger partial charge in [0, 0.05) is 25.5 Å². The molecular formula is C16H16ClF2N3O. The predicted molar refractivity (Wildman–Crippen MR) is 82.5 cm³/mol. The Morgan fingerprint density at radius 2 is 2.09 bits per heavy atom. The third-order valence-electron chi connectivity index (χ3n) is 4.18. The van der Waals surface area contributed by atoms with Crippen LogP contribution in [-0.2, 0) is 0 Å². The van der Waals surface area contributed by atoms with Crippen molar-refractivity contribution in [3.05, 3.63) is 52.6 Å². The summed E-state index contributed by atoms with van der Waals surface area (Å²) in [6.45, 7) is 2.97. The van der Waals surface area contributed by atoms with Crippen LogP contribution in [0.15, 0.2) is 24.5 Å². The minimum absolute atomic E-state index is 0.00595. The zero-order valence-corrected chi connectivity index (χ0v) is 13.4. The largest absolute Gasteiger partial charge is 0.337 e. The molecule has 122 valence electrons. The highest BCUT2D eigenvalue weighted by Crippen LogP contribution is 2.27. The van der Waals surface area contributed by atoms with E-state index in [1.807, 2.05) is 17.7 Å². The number of aryl methyl sites for hydroxylation is 1. The molecule has 1 aromatic carbocycles. The molecule has 0 N–H and O–H groups in total. The third-order valence-corrected chi connectivity index (χ3v) is 4.49. The van der Waals surface area contributed by atoms with Crippen LogP contribution in [0.1, 0.15) is 35.1 Å². The van der Waals surface area contributed by atoms with Crippen molar-refractivity contribution in [1.82, 2.24) is 14.5 Å². The number of imidazole rings is 1. The molecule has 1 saturated heterocycles. The van der Waals surface area contributed by atoms with Gasteiger partial charge in [-0.25, -0.2) is 13.8 Å². The first-order valence-corrected chi connectivity index (χ1v) is 7.78. The number of rotatable bonds is 2. The van der Waals surface area contributed by atoms with E-state index in [9.17, 15) is 13.6 Å². The zero-order chi connectivity index (χ0) is 16.6. The lowest BCUT2D eigenvalue weighted by molar-refractivity contribution is 0.0678. The first kappa shape index (κ1) is 15.9. The number of hydrogen-bond acceptors (Lipinski definition) is 2. The van der Waals surface area contributed by atoms with Gasteiger partial charge in [0.2, 0.25) is 0 Å². The van der Waals surface area contributed by atoms with Crippen LogP contribution in [0.25, 0.3) is 0 Å². The monoisotopic (exact) mass is 339 g/mol. The molecule has 7 heteroatoms. The van der Waals surface area contributed by atoms with Gasteiger partial charge in [-0.15, -0.1) is 0 Å². The van der Waals surface area contributed by atoms with Crippen molar-refractivity contribution in [2.75, 3.05) is 13.1 Å². The molecule has 4 nitrogen and oxygen atoms in total. The topological polar surface area (TPSA) is 38.1 Å². The second-order valence-corrected chi connectivity index (χ2v) is 6.08. The molecular weight excluding hydrogens is 324 g/mol. The Balaban J connectivity index is 1.83. The van der Waals surface area contributed by atoms with Crippen LogP contribution in [-0.4, -0.2) is 33.4 Å². The Morgan fingerprint density at radius 1 is 1.35 bits per heavy atom. The van der Waals surface area contributed by atoms with Gasteiger partial charge < -0.3 is 9.47 Å². The number of halogens is 3. The molecule has 0 saturated carbocycles. The van der Waals surface area contributed by atoms with Crippen molar-refractivity contribution in [1.29, 1.82) is 0 Å². The summed E-state index contributed by atoms with van der Waals surface area (Å²) in [6.07, 6.45) is 5.38. The van der Waals surface area contributed by atoms with Crippen LogP contribution >= 0.6 is 11.6 Å². The van der Waals surface area contributed by atoms with Crippen molar-refractivity contribution < 1.29 is 13.6 Å². The molecule has 1 aliphatic heterocycles. The summed E-state index contributed by atoms with van der Waals surface area (Å²) in [4.78, 5) is 18.4. The van der Waals surface area contributed by atoms with Crippen LogP contribution in [0.5, 0.6) is 0 Å². The number of amides is 1. The predicted octanol–water partition coefficient (Wildman–Crippen LogP) is 3.60. The van der Waals surface area contributed by atoms with E-state index in [1.54, 1.807) is 11.1 Å². The highest BCUT2D eigenvalue weighted by atomic mass is 35.5. The Bertz CT molecular complexity index is 747. The molecule has 0 bridgehead atoms. The summed E-state index contributed by atoms with van der Waals surface area (Å²) >= 11 is 5.91. The number of aromatic nitrogens is 2. The van der Waals surface area contributed by atoms with Crippen LogP contribution in [0.3, 0.4) is 0 Å². The molecule has 0 spiro atoms. The fraction of sp³-hybridized carbons (Fsp3) is 0.375. The summed E-state index contributed by atoms with van der Waals surface area (Å²) in [7, 11) is 0. The van der Waals surface area contributed by atoms with Gasteiger partial charge in [-0.1, -0.05) is 11.6 Å². The molecule has 0 aliphatic carbocycles. The van der Waals surface area contributed by atoms with Gasteiger partial charge in [0.1, 0.15) is 5.82 Å². The highest BCUT2D eigenvalue weighted by Gasteiger charge is 2.27. The number of carbonyl (C=O) groups is 1. The molecule has 0 radical (unpaired) electrons. The Labute approximate surface area is 137 Å². The lowest BCUT2D eigenvalue weighted by Crippen LogP contribution is -2.41. The van der Waals surface area contributed by atoms with E-state index in [2.05, 4.69) is 4.98 Å². The molecule has 2 aromatic rings. The molecule has 23 heavy (non-hydrogen) atoms. The van der Waals surface area contributed by atoms with Gasteiger partial charge in [-0.05, 0) is 31.9 Å².